The molecule has 1 N–H and O–H groups in total. The number of para-hydroxylation sites is 2. The van der Waals surface area contributed by atoms with E-state index < -0.39 is 11.9 Å². The van der Waals surface area contributed by atoms with Crippen LogP contribution in [0, 0.1) is 0 Å². The number of aromatic nitrogens is 2. The fraction of sp³-hybridized carbons (Fsp3) is 0.269. The van der Waals surface area contributed by atoms with Gasteiger partial charge in [-0.15, -0.1) is 0 Å². The Morgan fingerprint density at radius 3 is 1.90 bits per heavy atom. The van der Waals surface area contributed by atoms with Crippen molar-refractivity contribution in [1.82, 2.24) is 9.55 Å². The molecule has 0 amide bonds. The van der Waals surface area contributed by atoms with E-state index >= 15 is 0 Å². The highest BCUT2D eigenvalue weighted by Crippen LogP contribution is 2.58. The molecule has 0 fully saturated rings. The summed E-state index contributed by atoms with van der Waals surface area (Å²) in [6.07, 6.45) is 3.42. The number of hydrogen-bond donors (Lipinski definition) is 1. The minimum Gasteiger partial charge on any atom is -0.380 e. The largest absolute Gasteiger partial charge is 0.380 e. The third-order valence-corrected chi connectivity index (χ3v) is 10.7. The van der Waals surface area contributed by atoms with E-state index in [1.54, 1.807) is 0 Å². The smallest absolute Gasteiger partial charge is 0.144 e. The second-order valence-corrected chi connectivity index (χ2v) is 13.4. The van der Waals surface area contributed by atoms with Crippen molar-refractivity contribution >= 4 is 28.9 Å². The molecule has 1 atom stereocenters. The van der Waals surface area contributed by atoms with Crippen molar-refractivity contribution in [3.63, 3.8) is 0 Å². The fourth-order valence-corrected chi connectivity index (χ4v) is 7.55. The summed E-state index contributed by atoms with van der Waals surface area (Å²) in [7, 11) is 0. The van der Waals surface area contributed by atoms with Crippen LogP contribution in [0.2, 0.25) is 0 Å². The van der Waals surface area contributed by atoms with Crippen molar-refractivity contribution in [1.29, 1.82) is 0 Å². The van der Waals surface area contributed by atoms with Crippen molar-refractivity contribution in [2.75, 3.05) is 12.3 Å². The monoisotopic (exact) mass is 448 g/mol. The average Bonchev–Trinajstić information content (AvgIpc) is 3.21. The summed E-state index contributed by atoms with van der Waals surface area (Å²) in [6, 6.07) is 26.8. The summed E-state index contributed by atoms with van der Waals surface area (Å²) < 4.78 is 2.13. The molecular formula is C26H29N2OPS. The van der Waals surface area contributed by atoms with Gasteiger partial charge in [0, 0.05) is 6.54 Å². The highest BCUT2D eigenvalue weighted by Gasteiger charge is 2.31. The normalized spacial score (nSPS) is 12.8. The maximum absolute atomic E-state index is 11.7. The molecule has 4 rings (SSSR count). The zero-order chi connectivity index (χ0) is 21.7. The SMILES string of the molecule is CCn1c(C(O)P(=S)(CCc2ccccc2)CCc2ccccc2)nc2ccccc21. The fourth-order valence-electron chi connectivity index (χ4n) is 4.12. The van der Waals surface area contributed by atoms with E-state index in [9.17, 15) is 5.11 Å². The lowest BCUT2D eigenvalue weighted by Gasteiger charge is -2.28. The molecule has 3 aromatic carbocycles. The van der Waals surface area contributed by atoms with E-state index in [0.717, 1.165) is 48.6 Å². The third kappa shape index (κ3) is 4.98. The number of hydrogen-bond acceptors (Lipinski definition) is 3. The number of nitrogens with zero attached hydrogens (tertiary/aromatic N) is 2. The highest BCUT2D eigenvalue weighted by atomic mass is 32.4. The molecule has 0 bridgehead atoms. The van der Waals surface area contributed by atoms with Crippen LogP contribution in [-0.2, 0) is 31.2 Å². The summed E-state index contributed by atoms with van der Waals surface area (Å²) in [6.45, 7) is 2.86. The molecule has 0 spiro atoms. The molecule has 0 aliphatic carbocycles. The van der Waals surface area contributed by atoms with E-state index in [2.05, 4.69) is 66.1 Å². The van der Waals surface area contributed by atoms with Crippen molar-refractivity contribution in [2.45, 2.75) is 32.2 Å². The van der Waals surface area contributed by atoms with Gasteiger partial charge in [0.1, 0.15) is 11.7 Å². The van der Waals surface area contributed by atoms with E-state index in [1.165, 1.54) is 11.1 Å². The zero-order valence-corrected chi connectivity index (χ0v) is 19.6. The van der Waals surface area contributed by atoms with Crippen molar-refractivity contribution in [3.8, 4) is 0 Å². The van der Waals surface area contributed by atoms with Crippen molar-refractivity contribution in [2.24, 2.45) is 0 Å². The molecule has 31 heavy (non-hydrogen) atoms. The van der Waals surface area contributed by atoms with Gasteiger partial charge in [0.15, 0.2) is 0 Å². The first-order chi connectivity index (χ1) is 15.1. The van der Waals surface area contributed by atoms with Crippen LogP contribution in [0.1, 0.15) is 29.7 Å². The van der Waals surface area contributed by atoms with Crippen molar-refractivity contribution < 1.29 is 5.11 Å². The standard InChI is InChI=1S/C26H29N2OPS/c1-2-28-24-16-10-9-15-23(24)27-25(28)26(29)30(31,19-17-21-11-5-3-6-12-21)20-18-22-13-7-4-8-14-22/h3-16,26,29H,2,17-20H2,1H3. The Labute approximate surface area is 189 Å². The maximum atomic E-state index is 11.7. The Morgan fingerprint density at radius 2 is 1.35 bits per heavy atom. The third-order valence-electron chi connectivity index (χ3n) is 5.92. The molecule has 1 heterocycles. The van der Waals surface area contributed by atoms with E-state index in [4.69, 9.17) is 16.8 Å². The molecular weight excluding hydrogens is 419 g/mol. The van der Waals surface area contributed by atoms with Gasteiger partial charge in [-0.2, -0.15) is 0 Å². The van der Waals surface area contributed by atoms with Crippen LogP contribution in [-0.4, -0.2) is 27.0 Å². The van der Waals surface area contributed by atoms with Gasteiger partial charge < -0.3 is 9.67 Å². The summed E-state index contributed by atoms with van der Waals surface area (Å²) in [5.41, 5.74) is 4.53. The number of benzene rings is 3. The Hall–Kier alpha value is -2.26. The molecule has 160 valence electrons. The number of rotatable bonds is 9. The Morgan fingerprint density at radius 1 is 0.839 bits per heavy atom. The predicted octanol–water partition coefficient (Wildman–Crippen LogP) is 6.01. The van der Waals surface area contributed by atoms with Gasteiger partial charge in [0.25, 0.3) is 0 Å². The first-order valence-electron chi connectivity index (χ1n) is 10.9. The van der Waals surface area contributed by atoms with Crippen LogP contribution in [0.25, 0.3) is 11.0 Å². The maximum Gasteiger partial charge on any atom is 0.144 e. The summed E-state index contributed by atoms with van der Waals surface area (Å²) in [5, 5.41) is 11.7. The van der Waals surface area contributed by atoms with Gasteiger partial charge in [-0.3, -0.25) is 0 Å². The number of fused-ring (bicyclic) bond motifs is 1. The number of aliphatic hydroxyl groups is 1. The Kier molecular flexibility index (Phi) is 7.02. The predicted molar refractivity (Wildman–Crippen MR) is 135 cm³/mol. The lowest BCUT2D eigenvalue weighted by molar-refractivity contribution is 0.247. The molecule has 0 saturated heterocycles. The van der Waals surface area contributed by atoms with Crippen LogP contribution in [0.5, 0.6) is 0 Å². The topological polar surface area (TPSA) is 38.0 Å². The molecule has 4 aromatic rings. The van der Waals surface area contributed by atoms with Crippen molar-refractivity contribution in [3.05, 3.63) is 102 Å². The molecule has 0 radical (unpaired) electrons. The van der Waals surface area contributed by atoms with Gasteiger partial charge >= 0.3 is 0 Å². The average molecular weight is 449 g/mol. The molecule has 0 aliphatic rings. The molecule has 1 aromatic heterocycles. The van der Waals surface area contributed by atoms with Crippen LogP contribution in [0.4, 0.5) is 0 Å². The quantitative estimate of drug-likeness (QED) is 0.319. The molecule has 0 aliphatic heterocycles. The lowest BCUT2D eigenvalue weighted by Crippen LogP contribution is -2.14. The van der Waals surface area contributed by atoms with Crippen LogP contribution < -0.4 is 0 Å². The molecule has 5 heteroatoms. The summed E-state index contributed by atoms with van der Waals surface area (Å²) in [4.78, 5) is 4.83. The minimum atomic E-state index is -2.15. The van der Waals surface area contributed by atoms with Gasteiger partial charge in [-0.1, -0.05) is 84.6 Å². The number of aliphatic hydroxyl groups excluding tert-OH is 1. The highest BCUT2D eigenvalue weighted by molar-refractivity contribution is 8.14. The van der Waals surface area contributed by atoms with Gasteiger partial charge in [0.05, 0.1) is 11.0 Å². The minimum absolute atomic E-state index is 0.706. The second-order valence-electron chi connectivity index (χ2n) is 7.95. The van der Waals surface area contributed by atoms with E-state index in [1.807, 2.05) is 30.3 Å². The Balaban J connectivity index is 1.66. The first-order valence-corrected chi connectivity index (χ1v) is 14.1. The Bertz CT molecular complexity index is 1130. The molecule has 0 saturated carbocycles. The molecule has 3 nitrogen and oxygen atoms in total. The van der Waals surface area contributed by atoms with Gasteiger partial charge in [-0.05, 0) is 61.4 Å². The number of imidazole rings is 1. The summed E-state index contributed by atoms with van der Waals surface area (Å²) >= 11 is 6.32. The van der Waals surface area contributed by atoms with Crippen LogP contribution in [0.3, 0.4) is 0 Å². The van der Waals surface area contributed by atoms with E-state index in [0.29, 0.717) is 0 Å². The van der Waals surface area contributed by atoms with E-state index in [-0.39, 0.29) is 0 Å². The first kappa shape index (κ1) is 22.0. The zero-order valence-electron chi connectivity index (χ0n) is 17.9. The molecule has 1 unspecified atom stereocenters. The summed E-state index contributed by atoms with van der Waals surface area (Å²) in [5.74, 6) is 0.0235. The number of aryl methyl sites for hydroxylation is 3. The van der Waals surface area contributed by atoms with Crippen LogP contribution in [0.15, 0.2) is 84.9 Å². The lowest BCUT2D eigenvalue weighted by atomic mass is 10.2. The second kappa shape index (κ2) is 9.91. The van der Waals surface area contributed by atoms with Crippen LogP contribution >= 0.6 is 6.04 Å². The van der Waals surface area contributed by atoms with Gasteiger partial charge in [-0.25, -0.2) is 4.98 Å². The van der Waals surface area contributed by atoms with Gasteiger partial charge in [0.2, 0.25) is 0 Å².